The van der Waals surface area contributed by atoms with Crippen LogP contribution in [0.4, 0.5) is 32.0 Å². The van der Waals surface area contributed by atoms with Crippen LogP contribution < -0.4 is 10.6 Å². The molecule has 2 aromatic heterocycles. The quantitative estimate of drug-likeness (QED) is 0.0980. The van der Waals surface area contributed by atoms with Crippen molar-refractivity contribution >= 4 is 18.3 Å². The van der Waals surface area contributed by atoms with Crippen LogP contribution in [0.5, 0.6) is 0 Å². The van der Waals surface area contributed by atoms with E-state index in [4.69, 9.17) is 5.41 Å². The number of pyridine rings is 1. The Labute approximate surface area is 256 Å². The minimum Gasteiger partial charge on any atom is -0.388 e. The van der Waals surface area contributed by atoms with Crippen molar-refractivity contribution in [3.05, 3.63) is 100 Å². The third kappa shape index (κ3) is 7.02. The summed E-state index contributed by atoms with van der Waals surface area (Å²) in [5.74, 6) is -5.33. The second-order valence-electron chi connectivity index (χ2n) is 10.5. The van der Waals surface area contributed by atoms with Gasteiger partial charge >= 0.3 is 0 Å². The summed E-state index contributed by atoms with van der Waals surface area (Å²) in [6.07, 6.45) is 0.778. The Balaban J connectivity index is 0.000000242. The summed E-state index contributed by atoms with van der Waals surface area (Å²) in [5, 5.41) is 16.8. The second kappa shape index (κ2) is 14.0. The topological polar surface area (TPSA) is 95.7 Å². The van der Waals surface area contributed by atoms with Crippen molar-refractivity contribution in [3.63, 3.8) is 0 Å². The van der Waals surface area contributed by atoms with Crippen LogP contribution in [0.2, 0.25) is 0 Å². The molecule has 7 nitrogen and oxygen atoms in total. The predicted molar refractivity (Wildman–Crippen MR) is 159 cm³/mol. The molecule has 0 spiro atoms. The van der Waals surface area contributed by atoms with Crippen LogP contribution in [-0.2, 0) is 30.1 Å². The largest absolute Gasteiger partial charge is 0.388 e. The van der Waals surface area contributed by atoms with Gasteiger partial charge in [-0.05, 0) is 55.2 Å². The first-order valence-corrected chi connectivity index (χ1v) is 14.1. The summed E-state index contributed by atoms with van der Waals surface area (Å²) < 4.78 is 80.9. The standard InChI is InChI=1S/C22H20F2N4O.C10H12F4N2/c1-26-20-10-15(4-5-16(20)12-25)19-3-2-6-27-22(19)21(28-13-29)9-14-7-17(23)11-18(24)8-14;1-3-16-8-6(7(15-16)9(11)12)4-5(2)10(8,13)14/h2-8,10-13,21,25-26H,9H2,1H3,(H,28,29);5,9H,3-4H2,1-2H3. The molecule has 2 atom stereocenters. The van der Waals surface area contributed by atoms with Crippen molar-refractivity contribution in [3.8, 4) is 11.1 Å². The maximum atomic E-state index is 13.7. The van der Waals surface area contributed by atoms with Gasteiger partial charge in [-0.25, -0.2) is 17.6 Å². The lowest BCUT2D eigenvalue weighted by atomic mass is 9.94. The van der Waals surface area contributed by atoms with Gasteiger partial charge in [0.15, 0.2) is 0 Å². The Morgan fingerprint density at radius 1 is 1.11 bits per heavy atom. The first kappa shape index (κ1) is 33.2. The van der Waals surface area contributed by atoms with Crippen LogP contribution in [0.25, 0.3) is 11.1 Å². The number of alkyl halides is 4. The van der Waals surface area contributed by atoms with Crippen LogP contribution in [-0.4, -0.2) is 34.4 Å². The highest BCUT2D eigenvalue weighted by atomic mass is 19.3. The van der Waals surface area contributed by atoms with Gasteiger partial charge in [-0.2, -0.15) is 13.9 Å². The lowest BCUT2D eigenvalue weighted by molar-refractivity contribution is -0.110. The molecule has 2 unspecified atom stereocenters. The summed E-state index contributed by atoms with van der Waals surface area (Å²) in [6, 6.07) is 11.9. The zero-order valence-corrected chi connectivity index (χ0v) is 24.7. The number of carbonyl (C=O) groups excluding carboxylic acids is 1. The van der Waals surface area contributed by atoms with Crippen molar-refractivity contribution in [2.45, 2.75) is 51.6 Å². The van der Waals surface area contributed by atoms with Crippen molar-refractivity contribution in [2.24, 2.45) is 5.92 Å². The third-order valence-electron chi connectivity index (χ3n) is 7.62. The molecule has 13 heteroatoms. The van der Waals surface area contributed by atoms with Gasteiger partial charge in [0.1, 0.15) is 23.0 Å². The van der Waals surface area contributed by atoms with Crippen LogP contribution in [0, 0.1) is 23.0 Å². The molecule has 1 aliphatic rings. The van der Waals surface area contributed by atoms with E-state index in [2.05, 4.69) is 20.7 Å². The molecule has 5 rings (SSSR count). The number of aromatic nitrogens is 3. The Kier molecular flexibility index (Phi) is 10.3. The minimum atomic E-state index is -3.05. The van der Waals surface area contributed by atoms with E-state index in [1.165, 1.54) is 25.3 Å². The molecule has 0 saturated carbocycles. The Morgan fingerprint density at radius 2 is 1.82 bits per heavy atom. The molecule has 2 aromatic carbocycles. The monoisotopic (exact) mass is 630 g/mol. The smallest absolute Gasteiger partial charge is 0.292 e. The van der Waals surface area contributed by atoms with Crippen molar-refractivity contribution in [1.82, 2.24) is 20.1 Å². The zero-order chi connectivity index (χ0) is 32.9. The minimum absolute atomic E-state index is 0.0258. The van der Waals surface area contributed by atoms with E-state index < -0.39 is 41.6 Å². The Hall–Kier alpha value is -4.68. The molecular weight excluding hydrogens is 598 g/mol. The van der Waals surface area contributed by atoms with Crippen LogP contribution in [0.15, 0.2) is 54.7 Å². The Morgan fingerprint density at radius 3 is 2.42 bits per heavy atom. The van der Waals surface area contributed by atoms with Crippen LogP contribution in [0.3, 0.4) is 0 Å². The number of amides is 1. The second-order valence-corrected chi connectivity index (χ2v) is 10.5. The van der Waals surface area contributed by atoms with E-state index in [9.17, 15) is 31.1 Å². The fraction of sp³-hybridized carbons (Fsp3) is 0.312. The first-order valence-electron chi connectivity index (χ1n) is 14.1. The van der Waals surface area contributed by atoms with Crippen LogP contribution in [0.1, 0.15) is 60.1 Å². The van der Waals surface area contributed by atoms with Crippen molar-refractivity contribution in [1.29, 1.82) is 5.41 Å². The molecule has 3 N–H and O–H groups in total. The number of fused-ring (bicyclic) bond motifs is 1. The number of anilines is 1. The number of nitrogens with zero attached hydrogens (tertiary/aromatic N) is 3. The third-order valence-corrected chi connectivity index (χ3v) is 7.62. The number of rotatable bonds is 10. The number of benzene rings is 2. The molecular formula is C32H32F6N6O. The van der Waals surface area contributed by atoms with Crippen molar-refractivity contribution in [2.75, 3.05) is 12.4 Å². The number of hydrogen-bond acceptors (Lipinski definition) is 5. The molecule has 0 saturated heterocycles. The van der Waals surface area contributed by atoms with E-state index in [-0.39, 0.29) is 30.6 Å². The molecule has 2 heterocycles. The fourth-order valence-corrected chi connectivity index (χ4v) is 5.45. The van der Waals surface area contributed by atoms with Gasteiger partial charge in [-0.15, -0.1) is 0 Å². The van der Waals surface area contributed by atoms with Gasteiger partial charge in [0.25, 0.3) is 12.3 Å². The molecule has 0 radical (unpaired) electrons. The number of halogens is 6. The lowest BCUT2D eigenvalue weighted by Gasteiger charge is -2.20. The first-order chi connectivity index (χ1) is 21.4. The van der Waals surface area contributed by atoms with E-state index >= 15 is 0 Å². The number of aryl methyl sites for hydroxylation is 1. The van der Waals surface area contributed by atoms with Gasteiger partial charge < -0.3 is 16.0 Å². The van der Waals surface area contributed by atoms with Crippen LogP contribution >= 0.6 is 0 Å². The lowest BCUT2D eigenvalue weighted by Crippen LogP contribution is -2.23. The predicted octanol–water partition coefficient (Wildman–Crippen LogP) is 7.22. The zero-order valence-electron chi connectivity index (χ0n) is 24.7. The molecule has 0 aliphatic heterocycles. The maximum Gasteiger partial charge on any atom is 0.292 e. The number of hydrogen-bond donors (Lipinski definition) is 3. The van der Waals surface area contributed by atoms with Gasteiger partial charge in [-0.1, -0.05) is 25.1 Å². The Bertz CT molecular complexity index is 1650. The van der Waals surface area contributed by atoms with E-state index in [1.807, 2.05) is 24.3 Å². The summed E-state index contributed by atoms with van der Waals surface area (Å²) in [7, 11) is 1.77. The van der Waals surface area contributed by atoms with Gasteiger partial charge in [0, 0.05) is 60.4 Å². The highest BCUT2D eigenvalue weighted by molar-refractivity contribution is 5.88. The summed E-state index contributed by atoms with van der Waals surface area (Å²) >= 11 is 0. The van der Waals surface area contributed by atoms with Gasteiger partial charge in [0.2, 0.25) is 6.41 Å². The highest BCUT2D eigenvalue weighted by Crippen LogP contribution is 2.48. The van der Waals surface area contributed by atoms with E-state index in [1.54, 1.807) is 26.2 Å². The summed E-state index contributed by atoms with van der Waals surface area (Å²) in [4.78, 5) is 15.7. The molecule has 238 valence electrons. The fourth-order valence-electron chi connectivity index (χ4n) is 5.45. The number of carbonyl (C=O) groups is 1. The highest BCUT2D eigenvalue weighted by Gasteiger charge is 2.51. The molecule has 0 bridgehead atoms. The molecule has 1 aliphatic carbocycles. The summed E-state index contributed by atoms with van der Waals surface area (Å²) in [6.45, 7) is 3.16. The SMILES string of the molecule is CCn1nc(C(F)F)c2c1C(F)(F)C(C)C2.CNc1cc(-c2cccnc2C(Cc2cc(F)cc(F)c2)NC=O)ccc1C=N. The number of nitrogens with one attached hydrogen (secondary N) is 3. The van der Waals surface area contributed by atoms with Gasteiger partial charge in [-0.3, -0.25) is 14.5 Å². The molecule has 0 fully saturated rings. The molecule has 1 amide bonds. The average molecular weight is 631 g/mol. The van der Waals surface area contributed by atoms with E-state index in [0.717, 1.165) is 33.1 Å². The van der Waals surface area contributed by atoms with Crippen molar-refractivity contribution < 1.29 is 31.1 Å². The molecule has 4 aromatic rings. The maximum absolute atomic E-state index is 13.7. The average Bonchev–Trinajstić information content (AvgIpc) is 3.50. The van der Waals surface area contributed by atoms with Gasteiger partial charge in [0.05, 0.1) is 11.7 Å². The molecule has 45 heavy (non-hydrogen) atoms. The van der Waals surface area contributed by atoms with E-state index in [0.29, 0.717) is 17.7 Å². The summed E-state index contributed by atoms with van der Waals surface area (Å²) in [5.41, 5.74) is 3.34. The normalized spacial score (nSPS) is 15.6.